The van der Waals surface area contributed by atoms with Gasteiger partial charge in [-0.2, -0.15) is 0 Å². The Bertz CT molecular complexity index is 555. The Balaban J connectivity index is 3.46. The minimum absolute atomic E-state index is 0.0321. The summed E-state index contributed by atoms with van der Waals surface area (Å²) in [5.41, 5.74) is 0.126. The maximum Gasteiger partial charge on any atom is 0.343 e. The predicted octanol–water partition coefficient (Wildman–Crippen LogP) is 2.08. The Hall–Kier alpha value is -2.50. The summed E-state index contributed by atoms with van der Waals surface area (Å²) in [6.45, 7) is 3.69. The quantitative estimate of drug-likeness (QED) is 0.433. The third kappa shape index (κ3) is 3.28. The molecule has 0 atom stereocenters. The summed E-state index contributed by atoms with van der Waals surface area (Å²) in [5, 5.41) is 27.6. The van der Waals surface area contributed by atoms with Crippen molar-refractivity contribution < 1.29 is 29.6 Å². The second-order valence-corrected chi connectivity index (χ2v) is 4.48. The lowest BCUT2D eigenvalue weighted by Gasteiger charge is -2.13. The molecule has 0 radical (unpaired) electrons. The van der Waals surface area contributed by atoms with Crippen LogP contribution in [0.5, 0.6) is 11.5 Å². The predicted molar refractivity (Wildman–Crippen MR) is 72.0 cm³/mol. The minimum Gasteiger partial charge on any atom is -0.504 e. The van der Waals surface area contributed by atoms with Crippen molar-refractivity contribution in [3.05, 3.63) is 28.8 Å². The standard InChI is InChI=1S/C14H16O6/c1-7(2)9-4-8(6-11(20-3)12(9)15)5-10(13(16)17)14(18)19/h4-7,15H,1-3H3,(H,16,17)(H,18,19). The number of carbonyl (C=O) groups is 2. The van der Waals surface area contributed by atoms with E-state index in [9.17, 15) is 14.7 Å². The number of rotatable bonds is 5. The van der Waals surface area contributed by atoms with E-state index < -0.39 is 17.5 Å². The van der Waals surface area contributed by atoms with Gasteiger partial charge in [0.1, 0.15) is 5.57 Å². The fourth-order valence-electron chi connectivity index (χ4n) is 1.71. The van der Waals surface area contributed by atoms with Gasteiger partial charge >= 0.3 is 11.9 Å². The zero-order valence-electron chi connectivity index (χ0n) is 11.4. The van der Waals surface area contributed by atoms with Gasteiger partial charge in [0.15, 0.2) is 11.5 Å². The summed E-state index contributed by atoms with van der Waals surface area (Å²) in [5.74, 6) is -2.97. The maximum absolute atomic E-state index is 10.9. The summed E-state index contributed by atoms with van der Waals surface area (Å²) in [6.07, 6.45) is 1.03. The third-order valence-electron chi connectivity index (χ3n) is 2.74. The zero-order chi connectivity index (χ0) is 15.4. The molecule has 3 N–H and O–H groups in total. The van der Waals surface area contributed by atoms with Crippen molar-refractivity contribution in [1.82, 2.24) is 0 Å². The zero-order valence-corrected chi connectivity index (χ0v) is 11.4. The van der Waals surface area contributed by atoms with Crippen LogP contribution in [0.2, 0.25) is 0 Å². The SMILES string of the molecule is COc1cc(C=C(C(=O)O)C(=O)O)cc(C(C)C)c1O. The number of carboxylic acids is 2. The van der Waals surface area contributed by atoms with Crippen molar-refractivity contribution in [2.75, 3.05) is 7.11 Å². The molecule has 0 amide bonds. The molecule has 1 rings (SSSR count). The van der Waals surface area contributed by atoms with E-state index in [-0.39, 0.29) is 17.4 Å². The Labute approximate surface area is 115 Å². The number of carboxylic acid groups (broad SMARTS) is 2. The van der Waals surface area contributed by atoms with Crippen LogP contribution in [0.3, 0.4) is 0 Å². The van der Waals surface area contributed by atoms with Gasteiger partial charge in [0, 0.05) is 5.56 Å². The van der Waals surface area contributed by atoms with Gasteiger partial charge < -0.3 is 20.1 Å². The fourth-order valence-corrected chi connectivity index (χ4v) is 1.71. The molecule has 0 bridgehead atoms. The van der Waals surface area contributed by atoms with Crippen molar-refractivity contribution in [1.29, 1.82) is 0 Å². The summed E-state index contributed by atoms with van der Waals surface area (Å²) in [7, 11) is 1.36. The number of hydrogen-bond acceptors (Lipinski definition) is 4. The van der Waals surface area contributed by atoms with Crippen molar-refractivity contribution in [2.24, 2.45) is 0 Å². The number of ether oxygens (including phenoxy) is 1. The monoisotopic (exact) mass is 280 g/mol. The summed E-state index contributed by atoms with van der Waals surface area (Å²) < 4.78 is 5.00. The van der Waals surface area contributed by atoms with Crippen molar-refractivity contribution in [2.45, 2.75) is 19.8 Å². The number of methoxy groups -OCH3 is 1. The molecule has 0 saturated heterocycles. The molecule has 1 aromatic carbocycles. The van der Waals surface area contributed by atoms with E-state index in [1.165, 1.54) is 19.2 Å². The van der Waals surface area contributed by atoms with Gasteiger partial charge in [0.2, 0.25) is 0 Å². The third-order valence-corrected chi connectivity index (χ3v) is 2.74. The highest BCUT2D eigenvalue weighted by molar-refractivity contribution is 6.16. The van der Waals surface area contributed by atoms with Crippen LogP contribution in [-0.2, 0) is 9.59 Å². The number of benzene rings is 1. The molecule has 0 heterocycles. The molecule has 0 unspecified atom stereocenters. The van der Waals surface area contributed by atoms with Crippen molar-refractivity contribution in [3.8, 4) is 11.5 Å². The number of aromatic hydroxyl groups is 1. The summed E-state index contributed by atoms with van der Waals surface area (Å²) in [4.78, 5) is 21.7. The van der Waals surface area contributed by atoms with Gasteiger partial charge in [-0.25, -0.2) is 9.59 Å². The lowest BCUT2D eigenvalue weighted by atomic mass is 9.98. The topological polar surface area (TPSA) is 104 Å². The average Bonchev–Trinajstić information content (AvgIpc) is 2.35. The molecule has 0 aliphatic carbocycles. The molecule has 6 nitrogen and oxygen atoms in total. The van der Waals surface area contributed by atoms with E-state index in [1.807, 2.05) is 13.8 Å². The second-order valence-electron chi connectivity index (χ2n) is 4.48. The minimum atomic E-state index is -1.53. The Morgan fingerprint density at radius 2 is 1.75 bits per heavy atom. The van der Waals surface area contributed by atoms with Crippen LogP contribution in [0.15, 0.2) is 17.7 Å². The highest BCUT2D eigenvalue weighted by Gasteiger charge is 2.18. The van der Waals surface area contributed by atoms with Gasteiger partial charge in [-0.1, -0.05) is 13.8 Å². The van der Waals surface area contributed by atoms with Crippen LogP contribution in [0.1, 0.15) is 30.9 Å². The van der Waals surface area contributed by atoms with Crippen molar-refractivity contribution >= 4 is 18.0 Å². The van der Waals surface area contributed by atoms with E-state index in [4.69, 9.17) is 14.9 Å². The molecule has 108 valence electrons. The van der Waals surface area contributed by atoms with Gasteiger partial charge in [-0.3, -0.25) is 0 Å². The molecule has 20 heavy (non-hydrogen) atoms. The number of phenols is 1. The lowest BCUT2D eigenvalue weighted by molar-refractivity contribution is -0.140. The summed E-state index contributed by atoms with van der Waals surface area (Å²) in [6, 6.07) is 2.92. The van der Waals surface area contributed by atoms with Crippen LogP contribution in [-0.4, -0.2) is 34.4 Å². The molecule has 0 aromatic heterocycles. The second kappa shape index (κ2) is 6.10. The highest BCUT2D eigenvalue weighted by atomic mass is 16.5. The molecule has 0 aliphatic heterocycles. The van der Waals surface area contributed by atoms with E-state index in [0.717, 1.165) is 6.08 Å². The Kier molecular flexibility index (Phi) is 4.74. The van der Waals surface area contributed by atoms with Crippen LogP contribution in [0.4, 0.5) is 0 Å². The lowest BCUT2D eigenvalue weighted by Crippen LogP contribution is -2.10. The van der Waals surface area contributed by atoms with Gasteiger partial charge in [0.25, 0.3) is 0 Å². The fraction of sp³-hybridized carbons (Fsp3) is 0.286. The largest absolute Gasteiger partial charge is 0.504 e. The maximum atomic E-state index is 10.9. The normalized spacial score (nSPS) is 10.2. The van der Waals surface area contributed by atoms with Crippen LogP contribution in [0, 0.1) is 0 Å². The Morgan fingerprint density at radius 1 is 1.20 bits per heavy atom. The number of aliphatic carboxylic acids is 2. The molecule has 0 spiro atoms. The first kappa shape index (κ1) is 15.6. The van der Waals surface area contributed by atoms with E-state index in [0.29, 0.717) is 11.1 Å². The molecule has 0 saturated carbocycles. The van der Waals surface area contributed by atoms with Gasteiger partial charge in [-0.15, -0.1) is 0 Å². The van der Waals surface area contributed by atoms with Gasteiger partial charge in [-0.05, 0) is 29.7 Å². The molecule has 1 aromatic rings. The average molecular weight is 280 g/mol. The number of phenolic OH excluding ortho intramolecular Hbond substituents is 1. The first-order valence-corrected chi connectivity index (χ1v) is 5.87. The van der Waals surface area contributed by atoms with E-state index in [2.05, 4.69) is 0 Å². The van der Waals surface area contributed by atoms with Crippen molar-refractivity contribution in [3.63, 3.8) is 0 Å². The first-order valence-electron chi connectivity index (χ1n) is 5.87. The van der Waals surface area contributed by atoms with Crippen LogP contribution in [0.25, 0.3) is 6.08 Å². The summed E-state index contributed by atoms with van der Waals surface area (Å²) >= 11 is 0. The first-order chi connectivity index (χ1) is 9.27. The van der Waals surface area contributed by atoms with E-state index >= 15 is 0 Å². The molecular formula is C14H16O6. The molecule has 0 fully saturated rings. The Morgan fingerprint density at radius 3 is 2.15 bits per heavy atom. The molecular weight excluding hydrogens is 264 g/mol. The smallest absolute Gasteiger partial charge is 0.343 e. The molecule has 0 aliphatic rings. The van der Waals surface area contributed by atoms with E-state index in [1.54, 1.807) is 0 Å². The van der Waals surface area contributed by atoms with Crippen LogP contribution >= 0.6 is 0 Å². The molecule has 6 heteroatoms. The van der Waals surface area contributed by atoms with Crippen LogP contribution < -0.4 is 4.74 Å². The van der Waals surface area contributed by atoms with Gasteiger partial charge in [0.05, 0.1) is 7.11 Å². The number of hydrogen-bond donors (Lipinski definition) is 3. The highest BCUT2D eigenvalue weighted by Crippen LogP contribution is 2.36.